The van der Waals surface area contributed by atoms with Crippen molar-refractivity contribution in [2.24, 2.45) is 0 Å². The fraction of sp³-hybridized carbons (Fsp3) is 0.136. The topological polar surface area (TPSA) is 149 Å². The van der Waals surface area contributed by atoms with Gasteiger partial charge in [0.15, 0.2) is 5.82 Å². The molecule has 5 N–H and O–H groups in total. The van der Waals surface area contributed by atoms with Crippen molar-refractivity contribution in [2.45, 2.75) is 19.4 Å². The number of hydrogen-bond donors (Lipinski definition) is 3. The normalized spacial score (nSPS) is 11.9. The summed E-state index contributed by atoms with van der Waals surface area (Å²) in [5.41, 5.74) is 10.6. The molecule has 4 rings (SSSR count). The fourth-order valence-corrected chi connectivity index (χ4v) is 3.55. The molecule has 172 valence electrons. The van der Waals surface area contributed by atoms with Crippen molar-refractivity contribution in [3.63, 3.8) is 0 Å². The number of fused-ring (bicyclic) bond motifs is 1. The summed E-state index contributed by atoms with van der Waals surface area (Å²) in [5.74, 6) is -2.83. The van der Waals surface area contributed by atoms with Gasteiger partial charge in [-0.25, -0.2) is 18.2 Å². The molecule has 0 fully saturated rings. The first-order valence-corrected chi connectivity index (χ1v) is 10.00. The highest BCUT2D eigenvalue weighted by molar-refractivity contribution is 5.78. The average molecular weight is 466 g/mol. The predicted molar refractivity (Wildman–Crippen MR) is 119 cm³/mol. The van der Waals surface area contributed by atoms with Crippen LogP contribution in [0.4, 0.5) is 30.8 Å². The van der Waals surface area contributed by atoms with E-state index in [0.29, 0.717) is 6.07 Å². The van der Waals surface area contributed by atoms with Crippen molar-refractivity contribution in [2.75, 3.05) is 16.8 Å². The molecule has 0 aliphatic heterocycles. The van der Waals surface area contributed by atoms with Gasteiger partial charge < -0.3 is 16.8 Å². The predicted octanol–water partition coefficient (Wildman–Crippen LogP) is 3.19. The standard InChI is InChI=1S/C22H17F3N8O/c1-2-16(29-19-15(9-26)18(27)31-22(28)32-19)20-30-17-4-3-10(23)8-14(17)21(34)33(20)13-6-11(24)5-12(25)7-13/h3-8,16H,2H2,1H3,(H5,27,28,29,31,32). The minimum Gasteiger partial charge on any atom is -0.382 e. The van der Waals surface area contributed by atoms with Crippen LogP contribution in [0.3, 0.4) is 0 Å². The van der Waals surface area contributed by atoms with E-state index >= 15 is 0 Å². The van der Waals surface area contributed by atoms with Gasteiger partial charge >= 0.3 is 0 Å². The van der Waals surface area contributed by atoms with Crippen LogP contribution in [-0.2, 0) is 0 Å². The maximum atomic E-state index is 14.0. The monoisotopic (exact) mass is 466 g/mol. The molecular weight excluding hydrogens is 449 g/mol. The van der Waals surface area contributed by atoms with Gasteiger partial charge in [-0.15, -0.1) is 0 Å². The minimum absolute atomic E-state index is 0.00947. The van der Waals surface area contributed by atoms with Crippen LogP contribution < -0.4 is 22.3 Å². The van der Waals surface area contributed by atoms with Crippen molar-refractivity contribution < 1.29 is 13.2 Å². The summed E-state index contributed by atoms with van der Waals surface area (Å²) >= 11 is 0. The molecule has 4 aromatic rings. The van der Waals surface area contributed by atoms with Gasteiger partial charge in [0.1, 0.15) is 40.7 Å². The molecule has 0 aliphatic carbocycles. The van der Waals surface area contributed by atoms with Crippen molar-refractivity contribution in [3.05, 3.63) is 75.6 Å². The van der Waals surface area contributed by atoms with E-state index in [0.717, 1.165) is 28.8 Å². The fourth-order valence-electron chi connectivity index (χ4n) is 3.55. The highest BCUT2D eigenvalue weighted by Gasteiger charge is 2.23. The number of benzene rings is 2. The number of nitrogens with two attached hydrogens (primary N) is 2. The second-order valence-corrected chi connectivity index (χ2v) is 7.31. The zero-order valence-electron chi connectivity index (χ0n) is 17.7. The maximum absolute atomic E-state index is 14.0. The molecule has 34 heavy (non-hydrogen) atoms. The number of halogens is 3. The first-order chi connectivity index (χ1) is 16.2. The lowest BCUT2D eigenvalue weighted by Crippen LogP contribution is -2.29. The highest BCUT2D eigenvalue weighted by atomic mass is 19.1. The van der Waals surface area contributed by atoms with Crippen LogP contribution in [0.15, 0.2) is 41.2 Å². The van der Waals surface area contributed by atoms with E-state index in [4.69, 9.17) is 11.5 Å². The lowest BCUT2D eigenvalue weighted by Gasteiger charge is -2.23. The SMILES string of the molecule is CCC(Nc1nc(N)nc(N)c1C#N)c1nc2ccc(F)cc2c(=O)n1-c1cc(F)cc(F)c1. The van der Waals surface area contributed by atoms with Crippen LogP contribution in [0.5, 0.6) is 0 Å². The van der Waals surface area contributed by atoms with Gasteiger partial charge in [0.05, 0.1) is 22.6 Å². The van der Waals surface area contributed by atoms with Crippen molar-refractivity contribution in [1.29, 1.82) is 5.26 Å². The lowest BCUT2D eigenvalue weighted by molar-refractivity contribution is 0.578. The van der Waals surface area contributed by atoms with Gasteiger partial charge in [0.2, 0.25) is 5.95 Å². The molecule has 0 spiro atoms. The Hall–Kier alpha value is -4.66. The first-order valence-electron chi connectivity index (χ1n) is 10.00. The van der Waals surface area contributed by atoms with E-state index in [9.17, 15) is 23.2 Å². The van der Waals surface area contributed by atoms with Gasteiger partial charge in [-0.2, -0.15) is 15.2 Å². The summed E-state index contributed by atoms with van der Waals surface area (Å²) in [4.78, 5) is 25.6. The molecule has 1 atom stereocenters. The van der Waals surface area contributed by atoms with Crippen LogP contribution in [0.25, 0.3) is 16.6 Å². The van der Waals surface area contributed by atoms with E-state index in [1.165, 1.54) is 6.07 Å². The average Bonchev–Trinajstić information content (AvgIpc) is 2.76. The van der Waals surface area contributed by atoms with Crippen LogP contribution in [-0.4, -0.2) is 19.5 Å². The Morgan fingerprint density at radius 1 is 1.06 bits per heavy atom. The summed E-state index contributed by atoms with van der Waals surface area (Å²) in [6.45, 7) is 1.75. The summed E-state index contributed by atoms with van der Waals surface area (Å²) < 4.78 is 42.9. The Morgan fingerprint density at radius 2 is 1.76 bits per heavy atom. The third-order valence-corrected chi connectivity index (χ3v) is 5.06. The number of aromatic nitrogens is 4. The van der Waals surface area contributed by atoms with Crippen molar-refractivity contribution in [3.8, 4) is 11.8 Å². The minimum atomic E-state index is -0.920. The van der Waals surface area contributed by atoms with Crippen LogP contribution >= 0.6 is 0 Å². The largest absolute Gasteiger partial charge is 0.382 e. The molecule has 2 aromatic heterocycles. The Kier molecular flexibility index (Phi) is 5.77. The number of nitriles is 1. The van der Waals surface area contributed by atoms with E-state index < -0.39 is 29.1 Å². The number of nitrogens with zero attached hydrogens (tertiary/aromatic N) is 5. The molecule has 0 aliphatic rings. The summed E-state index contributed by atoms with van der Waals surface area (Å²) in [6, 6.07) is 7.09. The smallest absolute Gasteiger partial charge is 0.266 e. The zero-order chi connectivity index (χ0) is 24.6. The summed E-state index contributed by atoms with van der Waals surface area (Å²) in [5, 5.41) is 12.4. The molecule has 1 unspecified atom stereocenters. The molecule has 2 aromatic carbocycles. The number of rotatable bonds is 5. The van der Waals surface area contributed by atoms with Gasteiger partial charge in [0.25, 0.3) is 5.56 Å². The molecule has 0 saturated carbocycles. The highest BCUT2D eigenvalue weighted by Crippen LogP contribution is 2.27. The number of nitrogens with one attached hydrogen (secondary N) is 1. The first kappa shape index (κ1) is 22.5. The molecule has 2 heterocycles. The third kappa shape index (κ3) is 4.06. The molecular formula is C22H17F3N8O. The second-order valence-electron chi connectivity index (χ2n) is 7.31. The lowest BCUT2D eigenvalue weighted by atomic mass is 10.1. The summed E-state index contributed by atoms with van der Waals surface area (Å²) in [6.07, 6.45) is 0.283. The molecule has 0 amide bonds. The van der Waals surface area contributed by atoms with E-state index in [1.807, 2.05) is 6.07 Å². The van der Waals surface area contributed by atoms with Gasteiger partial charge in [0, 0.05) is 6.07 Å². The quantitative estimate of drug-likeness (QED) is 0.406. The van der Waals surface area contributed by atoms with Crippen LogP contribution in [0.1, 0.15) is 30.8 Å². The number of nitrogen functional groups attached to an aromatic ring is 2. The third-order valence-electron chi connectivity index (χ3n) is 5.06. The zero-order valence-corrected chi connectivity index (χ0v) is 17.7. The molecule has 0 radical (unpaired) electrons. The Balaban J connectivity index is 1.99. The molecule has 9 nitrogen and oxygen atoms in total. The van der Waals surface area contributed by atoms with E-state index in [2.05, 4.69) is 20.3 Å². The van der Waals surface area contributed by atoms with Crippen LogP contribution in [0, 0.1) is 28.8 Å². The Morgan fingerprint density at radius 3 is 2.41 bits per heavy atom. The van der Waals surface area contributed by atoms with Gasteiger partial charge in [-0.3, -0.25) is 9.36 Å². The van der Waals surface area contributed by atoms with Crippen LogP contribution in [0.2, 0.25) is 0 Å². The molecule has 0 bridgehead atoms. The maximum Gasteiger partial charge on any atom is 0.266 e. The Labute approximate surface area is 190 Å². The van der Waals surface area contributed by atoms with E-state index in [-0.39, 0.29) is 52.0 Å². The Bertz CT molecular complexity index is 1510. The number of hydrogen-bond acceptors (Lipinski definition) is 8. The number of anilines is 3. The molecule has 12 heteroatoms. The van der Waals surface area contributed by atoms with Gasteiger partial charge in [-0.1, -0.05) is 6.92 Å². The van der Waals surface area contributed by atoms with Gasteiger partial charge in [-0.05, 0) is 36.8 Å². The van der Waals surface area contributed by atoms with E-state index in [1.54, 1.807) is 6.92 Å². The molecule has 0 saturated heterocycles. The summed E-state index contributed by atoms with van der Waals surface area (Å²) in [7, 11) is 0. The second kappa shape index (κ2) is 8.70. The van der Waals surface area contributed by atoms with Crippen molar-refractivity contribution in [1.82, 2.24) is 19.5 Å². The van der Waals surface area contributed by atoms with Crippen molar-refractivity contribution >= 4 is 28.5 Å².